The van der Waals surface area contributed by atoms with Crippen molar-refractivity contribution in [2.24, 2.45) is 0 Å². The highest BCUT2D eigenvalue weighted by Crippen LogP contribution is 2.15. The molecule has 0 saturated heterocycles. The molecule has 0 atom stereocenters. The first-order valence-corrected chi connectivity index (χ1v) is 9.32. The Labute approximate surface area is 148 Å². The molecule has 1 N–H and O–H groups in total. The molecule has 0 radical (unpaired) electrons. The molecule has 2 aromatic carbocycles. The van der Waals surface area contributed by atoms with Crippen molar-refractivity contribution in [3.63, 3.8) is 0 Å². The maximum atomic E-state index is 12.0. The number of nitrogens with zero attached hydrogens (tertiary/aromatic N) is 1. The van der Waals surface area contributed by atoms with E-state index in [0.29, 0.717) is 11.3 Å². The second kappa shape index (κ2) is 9.79. The van der Waals surface area contributed by atoms with E-state index in [4.69, 9.17) is 5.26 Å². The lowest BCUT2D eigenvalue weighted by molar-refractivity contribution is -0.113. The van der Waals surface area contributed by atoms with Gasteiger partial charge in [-0.3, -0.25) is 4.79 Å². The van der Waals surface area contributed by atoms with Crippen LogP contribution >= 0.6 is 11.8 Å². The average Bonchev–Trinajstić information content (AvgIpc) is 2.61. The summed E-state index contributed by atoms with van der Waals surface area (Å²) in [5, 5.41) is 11.8. The van der Waals surface area contributed by atoms with Crippen LogP contribution in [0, 0.1) is 11.3 Å². The Balaban J connectivity index is 1.75. The predicted molar refractivity (Wildman–Crippen MR) is 101 cm³/mol. The summed E-state index contributed by atoms with van der Waals surface area (Å²) in [7, 11) is 0. The molecule has 0 aliphatic heterocycles. The van der Waals surface area contributed by atoms with Crippen LogP contribution in [0.2, 0.25) is 0 Å². The second-order valence-corrected chi connectivity index (χ2v) is 6.64. The van der Waals surface area contributed by atoms with Crippen LogP contribution < -0.4 is 5.32 Å². The summed E-state index contributed by atoms with van der Waals surface area (Å²) in [5.74, 6) is 1.12. The SMILES string of the molecule is CCCCc1ccc(NC(=O)CSCc2cccc(C#N)c2)cc1. The fourth-order valence-electron chi connectivity index (χ4n) is 2.32. The number of carbonyl (C=O) groups is 1. The third-order valence-electron chi connectivity index (χ3n) is 3.61. The molecule has 0 bridgehead atoms. The van der Waals surface area contributed by atoms with Crippen molar-refractivity contribution in [3.05, 3.63) is 65.2 Å². The lowest BCUT2D eigenvalue weighted by Gasteiger charge is -2.07. The third-order valence-corrected chi connectivity index (χ3v) is 4.62. The molecule has 0 unspecified atom stereocenters. The van der Waals surface area contributed by atoms with Gasteiger partial charge in [0.2, 0.25) is 5.91 Å². The van der Waals surface area contributed by atoms with Crippen LogP contribution in [0.4, 0.5) is 5.69 Å². The molecular weight excluding hydrogens is 316 g/mol. The van der Waals surface area contributed by atoms with Crippen molar-refractivity contribution in [1.82, 2.24) is 0 Å². The molecule has 2 rings (SSSR count). The van der Waals surface area contributed by atoms with Crippen LogP contribution in [0.15, 0.2) is 48.5 Å². The summed E-state index contributed by atoms with van der Waals surface area (Å²) in [6.07, 6.45) is 3.46. The summed E-state index contributed by atoms with van der Waals surface area (Å²) in [6, 6.07) is 17.7. The van der Waals surface area contributed by atoms with Crippen molar-refractivity contribution >= 4 is 23.4 Å². The fraction of sp³-hybridized carbons (Fsp3) is 0.300. The van der Waals surface area contributed by atoms with Gasteiger partial charge in [0.1, 0.15) is 0 Å². The minimum atomic E-state index is -0.00209. The highest BCUT2D eigenvalue weighted by Gasteiger charge is 2.04. The first-order chi connectivity index (χ1) is 11.7. The van der Waals surface area contributed by atoms with E-state index in [0.717, 1.165) is 23.4 Å². The molecule has 24 heavy (non-hydrogen) atoms. The van der Waals surface area contributed by atoms with Gasteiger partial charge in [0.25, 0.3) is 0 Å². The zero-order chi connectivity index (χ0) is 17.2. The third kappa shape index (κ3) is 6.10. The molecule has 0 aliphatic rings. The van der Waals surface area contributed by atoms with Gasteiger partial charge in [0, 0.05) is 11.4 Å². The minimum Gasteiger partial charge on any atom is -0.325 e. The van der Waals surface area contributed by atoms with Gasteiger partial charge in [-0.15, -0.1) is 11.8 Å². The van der Waals surface area contributed by atoms with Crippen LogP contribution in [0.1, 0.15) is 36.5 Å². The maximum absolute atomic E-state index is 12.0. The highest BCUT2D eigenvalue weighted by molar-refractivity contribution is 7.99. The van der Waals surface area contributed by atoms with E-state index in [-0.39, 0.29) is 5.91 Å². The number of nitrogens with one attached hydrogen (secondary N) is 1. The molecule has 0 spiro atoms. The predicted octanol–water partition coefficient (Wildman–Crippen LogP) is 4.77. The summed E-state index contributed by atoms with van der Waals surface area (Å²) in [5.41, 5.74) is 3.86. The topological polar surface area (TPSA) is 52.9 Å². The fourth-order valence-corrected chi connectivity index (χ4v) is 3.10. The molecule has 0 aromatic heterocycles. The summed E-state index contributed by atoms with van der Waals surface area (Å²) in [4.78, 5) is 12.0. The number of thioether (sulfide) groups is 1. The number of carbonyl (C=O) groups excluding carboxylic acids is 1. The van der Waals surface area contributed by atoms with Crippen molar-refractivity contribution in [3.8, 4) is 6.07 Å². The molecule has 4 heteroatoms. The van der Waals surface area contributed by atoms with E-state index in [2.05, 4.69) is 30.4 Å². The zero-order valence-corrected chi connectivity index (χ0v) is 14.7. The van der Waals surface area contributed by atoms with Crippen molar-refractivity contribution in [2.45, 2.75) is 31.9 Å². The number of amides is 1. The largest absolute Gasteiger partial charge is 0.325 e. The highest BCUT2D eigenvalue weighted by atomic mass is 32.2. The van der Waals surface area contributed by atoms with Crippen molar-refractivity contribution in [2.75, 3.05) is 11.1 Å². The molecule has 124 valence electrons. The average molecular weight is 338 g/mol. The maximum Gasteiger partial charge on any atom is 0.234 e. The Hall–Kier alpha value is -2.25. The molecule has 1 amide bonds. The molecule has 0 fully saturated rings. The monoisotopic (exact) mass is 338 g/mol. The quantitative estimate of drug-likeness (QED) is 0.754. The van der Waals surface area contributed by atoms with Crippen LogP contribution in [0.3, 0.4) is 0 Å². The Morgan fingerprint density at radius 1 is 1.17 bits per heavy atom. The van der Waals surface area contributed by atoms with Gasteiger partial charge < -0.3 is 5.32 Å². The molecular formula is C20H22N2OS. The Morgan fingerprint density at radius 3 is 2.67 bits per heavy atom. The van der Waals surface area contributed by atoms with E-state index in [1.807, 2.05) is 30.3 Å². The Kier molecular flexibility index (Phi) is 7.38. The number of rotatable bonds is 8. The number of benzene rings is 2. The van der Waals surface area contributed by atoms with Crippen molar-refractivity contribution in [1.29, 1.82) is 5.26 Å². The van der Waals surface area contributed by atoms with Gasteiger partial charge in [0.15, 0.2) is 0 Å². The van der Waals surface area contributed by atoms with Gasteiger partial charge in [-0.1, -0.05) is 37.6 Å². The van der Waals surface area contributed by atoms with Crippen LogP contribution in [0.5, 0.6) is 0 Å². The van der Waals surface area contributed by atoms with Crippen molar-refractivity contribution < 1.29 is 4.79 Å². The molecule has 0 saturated carbocycles. The summed E-state index contributed by atoms with van der Waals surface area (Å²) >= 11 is 1.55. The molecule has 0 aliphatic carbocycles. The van der Waals surface area contributed by atoms with E-state index in [1.54, 1.807) is 17.8 Å². The number of anilines is 1. The Morgan fingerprint density at radius 2 is 1.96 bits per heavy atom. The number of nitriles is 1. The molecule has 3 nitrogen and oxygen atoms in total. The second-order valence-electron chi connectivity index (χ2n) is 5.65. The minimum absolute atomic E-state index is 0.00209. The standard InChI is InChI=1S/C20H22N2OS/c1-2-3-5-16-8-10-19(11-9-16)22-20(23)15-24-14-18-7-4-6-17(12-18)13-21/h4,6-12H,2-3,5,14-15H2,1H3,(H,22,23). The van der Waals surface area contributed by atoms with Gasteiger partial charge >= 0.3 is 0 Å². The first-order valence-electron chi connectivity index (χ1n) is 8.17. The van der Waals surface area contributed by atoms with E-state index < -0.39 is 0 Å². The number of hydrogen-bond donors (Lipinski definition) is 1. The van der Waals surface area contributed by atoms with Gasteiger partial charge in [0.05, 0.1) is 17.4 Å². The lowest BCUT2D eigenvalue weighted by Crippen LogP contribution is -2.14. The lowest BCUT2D eigenvalue weighted by atomic mass is 10.1. The number of aryl methyl sites for hydroxylation is 1. The van der Waals surface area contributed by atoms with Crippen LogP contribution in [-0.4, -0.2) is 11.7 Å². The van der Waals surface area contributed by atoms with E-state index >= 15 is 0 Å². The normalized spacial score (nSPS) is 10.2. The van der Waals surface area contributed by atoms with Gasteiger partial charge in [-0.2, -0.15) is 5.26 Å². The summed E-state index contributed by atoms with van der Waals surface area (Å²) in [6.45, 7) is 2.18. The molecule has 2 aromatic rings. The zero-order valence-electron chi connectivity index (χ0n) is 13.9. The Bertz CT molecular complexity index is 704. The first kappa shape index (κ1) is 18.1. The summed E-state index contributed by atoms with van der Waals surface area (Å²) < 4.78 is 0. The van der Waals surface area contributed by atoms with Crippen LogP contribution in [-0.2, 0) is 17.0 Å². The van der Waals surface area contributed by atoms with Gasteiger partial charge in [-0.05, 0) is 48.2 Å². The van der Waals surface area contributed by atoms with E-state index in [1.165, 1.54) is 18.4 Å². The number of unbranched alkanes of at least 4 members (excludes halogenated alkanes) is 1. The van der Waals surface area contributed by atoms with Gasteiger partial charge in [-0.25, -0.2) is 0 Å². The smallest absolute Gasteiger partial charge is 0.234 e. The number of hydrogen-bond acceptors (Lipinski definition) is 3. The van der Waals surface area contributed by atoms with Crippen LogP contribution in [0.25, 0.3) is 0 Å². The molecule has 0 heterocycles. The van der Waals surface area contributed by atoms with E-state index in [9.17, 15) is 4.79 Å².